The smallest absolute Gasteiger partial charge is 0.374 e. The van der Waals surface area contributed by atoms with Gasteiger partial charge in [-0.15, -0.1) is 0 Å². The van der Waals surface area contributed by atoms with Crippen LogP contribution in [0.2, 0.25) is 15.1 Å². The van der Waals surface area contributed by atoms with Crippen molar-refractivity contribution in [3.63, 3.8) is 0 Å². The van der Waals surface area contributed by atoms with Crippen LogP contribution in [0, 0.1) is 0 Å². The highest BCUT2D eigenvalue weighted by Gasteiger charge is 2.62. The lowest BCUT2D eigenvalue weighted by molar-refractivity contribution is -0.275. The van der Waals surface area contributed by atoms with Gasteiger partial charge in [-0.05, 0) is 36.8 Å². The fourth-order valence-electron chi connectivity index (χ4n) is 3.52. The van der Waals surface area contributed by atoms with E-state index >= 15 is 0 Å². The molecule has 4 nitrogen and oxygen atoms in total. The largest absolute Gasteiger partial charge is 0.435 e. The van der Waals surface area contributed by atoms with Gasteiger partial charge in [0, 0.05) is 46.4 Å². The predicted octanol–water partition coefficient (Wildman–Crippen LogP) is 7.41. The Bertz CT molecular complexity index is 1060. The van der Waals surface area contributed by atoms with E-state index in [0.717, 1.165) is 5.33 Å². The number of ketones is 1. The van der Waals surface area contributed by atoms with E-state index in [1.165, 1.54) is 18.2 Å². The minimum absolute atomic E-state index is 0.0221. The number of likely N-dealkylation sites (N-methyl/N-ethyl adjacent to an activating group) is 1. The number of halogens is 7. The van der Waals surface area contributed by atoms with Crippen molar-refractivity contribution in [2.24, 2.45) is 5.16 Å². The highest BCUT2D eigenvalue weighted by molar-refractivity contribution is 9.09. The summed E-state index contributed by atoms with van der Waals surface area (Å²) < 4.78 is 42.6. The first kappa shape index (κ1) is 26.1. The number of anilines is 1. The Morgan fingerprint density at radius 3 is 2.45 bits per heavy atom. The fraction of sp³-hybridized carbons (Fsp3) is 0.364. The molecule has 0 amide bonds. The molecule has 0 saturated heterocycles. The zero-order valence-corrected chi connectivity index (χ0v) is 21.2. The van der Waals surface area contributed by atoms with Crippen LogP contribution in [-0.2, 0) is 15.2 Å². The molecule has 0 radical (unpaired) electrons. The number of carbonyl (C=O) groups is 1. The zero-order valence-electron chi connectivity index (χ0n) is 17.4. The van der Waals surface area contributed by atoms with Crippen LogP contribution in [0.1, 0.15) is 30.4 Å². The van der Waals surface area contributed by atoms with E-state index in [0.29, 0.717) is 29.1 Å². The van der Waals surface area contributed by atoms with E-state index in [2.05, 4.69) is 21.1 Å². The van der Waals surface area contributed by atoms with Gasteiger partial charge >= 0.3 is 6.18 Å². The van der Waals surface area contributed by atoms with E-state index in [9.17, 15) is 18.0 Å². The number of hydrogen-bond acceptors (Lipinski definition) is 4. The monoisotopic (exact) mass is 584 g/mol. The van der Waals surface area contributed by atoms with Crippen molar-refractivity contribution in [2.75, 3.05) is 23.8 Å². The van der Waals surface area contributed by atoms with E-state index in [-0.39, 0.29) is 33.6 Å². The molecular formula is C22H19BrCl3F3N2O2. The van der Waals surface area contributed by atoms with Crippen LogP contribution < -0.4 is 4.90 Å². The Hall–Kier alpha value is -1.48. The molecule has 0 aliphatic carbocycles. The standard InChI is InChI=1S/C22H19BrCl3F3N2O2/c1-31(12-17(32)3-2-6-23)20-7-13(4-5-18(20)26)19-11-21(33-30-19,22(27,28)29)14-8-15(24)10-16(25)9-14/h4-5,7-10H,2-3,6,11-12H2,1H3. The van der Waals surface area contributed by atoms with Gasteiger partial charge < -0.3 is 9.74 Å². The Labute approximate surface area is 212 Å². The maximum atomic E-state index is 14.2. The third-order valence-corrected chi connectivity index (χ3v) is 6.53. The van der Waals surface area contributed by atoms with Crippen molar-refractivity contribution in [3.8, 4) is 0 Å². The molecule has 0 aromatic heterocycles. The van der Waals surface area contributed by atoms with Gasteiger partial charge in [-0.3, -0.25) is 4.79 Å². The Balaban J connectivity index is 1.90. The minimum atomic E-state index is -4.79. The average molecular weight is 587 g/mol. The van der Waals surface area contributed by atoms with E-state index in [1.54, 1.807) is 30.1 Å². The van der Waals surface area contributed by atoms with Gasteiger partial charge in [-0.1, -0.05) is 62.0 Å². The van der Waals surface area contributed by atoms with E-state index in [1.807, 2.05) is 0 Å². The number of nitrogens with zero attached hydrogens (tertiary/aromatic N) is 2. The minimum Gasteiger partial charge on any atom is -0.374 e. The molecule has 1 heterocycles. The van der Waals surface area contributed by atoms with Crippen molar-refractivity contribution >= 4 is 67.9 Å². The molecule has 1 aliphatic heterocycles. The van der Waals surface area contributed by atoms with E-state index < -0.39 is 18.2 Å². The molecule has 1 unspecified atom stereocenters. The van der Waals surface area contributed by atoms with Crippen LogP contribution in [0.4, 0.5) is 18.9 Å². The normalized spacial score (nSPS) is 18.1. The van der Waals surface area contributed by atoms with E-state index in [4.69, 9.17) is 39.6 Å². The molecule has 1 aliphatic rings. The summed E-state index contributed by atoms with van der Waals surface area (Å²) in [4.78, 5) is 18.9. The first-order valence-electron chi connectivity index (χ1n) is 9.84. The Kier molecular flexibility index (Phi) is 8.25. The lowest BCUT2D eigenvalue weighted by atomic mass is 9.86. The van der Waals surface area contributed by atoms with Crippen LogP contribution in [0.25, 0.3) is 0 Å². The highest BCUT2D eigenvalue weighted by Crippen LogP contribution is 2.50. The number of carbonyl (C=O) groups excluding carboxylic acids is 1. The Morgan fingerprint density at radius 2 is 1.85 bits per heavy atom. The van der Waals surface area contributed by atoms with Crippen molar-refractivity contribution in [1.29, 1.82) is 0 Å². The summed E-state index contributed by atoms with van der Waals surface area (Å²) in [5.74, 6) is 0.0221. The lowest BCUT2D eigenvalue weighted by Crippen LogP contribution is -2.42. The molecule has 0 N–H and O–H groups in total. The first-order valence-corrected chi connectivity index (χ1v) is 12.1. The summed E-state index contributed by atoms with van der Waals surface area (Å²) in [5, 5.41) is 4.96. The van der Waals surface area contributed by atoms with Crippen molar-refractivity contribution in [1.82, 2.24) is 0 Å². The van der Waals surface area contributed by atoms with Gasteiger partial charge in [-0.25, -0.2) is 0 Å². The Morgan fingerprint density at radius 1 is 1.18 bits per heavy atom. The predicted molar refractivity (Wildman–Crippen MR) is 129 cm³/mol. The molecule has 2 aromatic rings. The molecule has 178 valence electrons. The maximum absolute atomic E-state index is 14.2. The number of hydrogen-bond donors (Lipinski definition) is 0. The van der Waals surface area contributed by atoms with Crippen LogP contribution in [0.3, 0.4) is 0 Å². The quantitative estimate of drug-likeness (QED) is 0.303. The van der Waals surface area contributed by atoms with Gasteiger partial charge in [-0.2, -0.15) is 13.2 Å². The molecule has 11 heteroatoms. The SMILES string of the molecule is CN(CC(=O)CCCBr)c1cc(C2=NOC(c3cc(Cl)cc(Cl)c3)(C(F)(F)F)C2)ccc1Cl. The molecule has 1 atom stereocenters. The third-order valence-electron chi connectivity index (χ3n) is 5.21. The summed E-state index contributed by atoms with van der Waals surface area (Å²) in [6.45, 7) is 0.118. The summed E-state index contributed by atoms with van der Waals surface area (Å²) in [5.41, 5.74) is -1.99. The average Bonchev–Trinajstić information content (AvgIpc) is 3.19. The first-order chi connectivity index (χ1) is 15.5. The number of oxime groups is 1. The van der Waals surface area contributed by atoms with Gasteiger partial charge in [0.2, 0.25) is 0 Å². The van der Waals surface area contributed by atoms with Gasteiger partial charge in [0.15, 0.2) is 5.78 Å². The number of rotatable bonds is 8. The molecule has 0 bridgehead atoms. The molecular weight excluding hydrogens is 568 g/mol. The number of alkyl halides is 4. The maximum Gasteiger partial charge on any atom is 0.435 e. The molecule has 3 rings (SSSR count). The highest BCUT2D eigenvalue weighted by atomic mass is 79.9. The van der Waals surface area contributed by atoms with Crippen molar-refractivity contribution in [2.45, 2.75) is 31.0 Å². The topological polar surface area (TPSA) is 41.9 Å². The van der Waals surface area contributed by atoms with Crippen LogP contribution in [0.15, 0.2) is 41.6 Å². The van der Waals surface area contributed by atoms with Gasteiger partial charge in [0.05, 0.1) is 23.0 Å². The summed E-state index contributed by atoms with van der Waals surface area (Å²) in [6, 6.07) is 8.38. The molecule has 33 heavy (non-hydrogen) atoms. The summed E-state index contributed by atoms with van der Waals surface area (Å²) in [7, 11) is 1.69. The number of Topliss-reactive ketones (excluding diaryl/α,β-unsaturated/α-hetero) is 1. The van der Waals surface area contributed by atoms with Crippen molar-refractivity contribution < 1.29 is 22.8 Å². The van der Waals surface area contributed by atoms with Gasteiger partial charge in [0.25, 0.3) is 5.60 Å². The zero-order chi connectivity index (χ0) is 24.4. The third kappa shape index (κ3) is 5.78. The fourth-order valence-corrected chi connectivity index (χ4v) is 4.59. The molecule has 0 saturated carbocycles. The van der Waals surface area contributed by atoms with Crippen LogP contribution >= 0.6 is 50.7 Å². The molecule has 0 fully saturated rings. The van der Waals surface area contributed by atoms with Crippen LogP contribution in [0.5, 0.6) is 0 Å². The molecule has 0 spiro atoms. The molecule has 2 aromatic carbocycles. The van der Waals surface area contributed by atoms with Crippen molar-refractivity contribution in [3.05, 3.63) is 62.6 Å². The second-order valence-electron chi connectivity index (χ2n) is 7.64. The number of benzene rings is 2. The summed E-state index contributed by atoms with van der Waals surface area (Å²) in [6.07, 6.45) is -4.26. The second kappa shape index (κ2) is 10.4. The lowest BCUT2D eigenvalue weighted by Gasteiger charge is -2.29. The van der Waals surface area contributed by atoms with Gasteiger partial charge in [0.1, 0.15) is 0 Å². The van der Waals surface area contributed by atoms with Crippen LogP contribution in [-0.4, -0.2) is 36.6 Å². The summed E-state index contributed by atoms with van der Waals surface area (Å²) >= 11 is 21.5. The second-order valence-corrected chi connectivity index (χ2v) is 9.72.